The fourth-order valence-electron chi connectivity index (χ4n) is 3.66. The van der Waals surface area contributed by atoms with Gasteiger partial charge in [-0.15, -0.1) is 0 Å². The minimum absolute atomic E-state index is 0.0441. The summed E-state index contributed by atoms with van der Waals surface area (Å²) in [5, 5.41) is 7.49. The molecule has 0 bridgehead atoms. The van der Waals surface area contributed by atoms with Crippen molar-refractivity contribution in [2.45, 2.75) is 19.9 Å². The Kier molecular flexibility index (Phi) is 6.79. The van der Waals surface area contributed by atoms with Crippen LogP contribution in [0, 0.1) is 0 Å². The number of carbonyl (C=O) groups is 1. The van der Waals surface area contributed by atoms with Crippen LogP contribution in [0.5, 0.6) is 5.75 Å². The van der Waals surface area contributed by atoms with Crippen molar-refractivity contribution in [2.75, 3.05) is 26.2 Å². The van der Waals surface area contributed by atoms with E-state index in [0.717, 1.165) is 42.1 Å². The van der Waals surface area contributed by atoms with E-state index in [4.69, 9.17) is 4.74 Å². The number of hydrogen-bond donors (Lipinski definition) is 1. The van der Waals surface area contributed by atoms with Gasteiger partial charge >= 0.3 is 0 Å². The summed E-state index contributed by atoms with van der Waals surface area (Å²) >= 11 is 0. The summed E-state index contributed by atoms with van der Waals surface area (Å²) < 4.78 is 7.35. The van der Waals surface area contributed by atoms with Crippen LogP contribution >= 0.6 is 0 Å². The molecule has 0 fully saturated rings. The van der Waals surface area contributed by atoms with Crippen molar-refractivity contribution in [3.05, 3.63) is 84.2 Å². The van der Waals surface area contributed by atoms with Gasteiger partial charge in [0.15, 0.2) is 0 Å². The monoisotopic (exact) mass is 416 g/mol. The van der Waals surface area contributed by atoms with E-state index in [9.17, 15) is 4.79 Å². The normalized spacial score (nSPS) is 14.2. The highest BCUT2D eigenvalue weighted by Gasteiger charge is 2.16. The summed E-state index contributed by atoms with van der Waals surface area (Å²) in [5.41, 5.74) is 4.54. The quantitative estimate of drug-likeness (QED) is 0.609. The van der Waals surface area contributed by atoms with Crippen LogP contribution in [0.3, 0.4) is 0 Å². The molecule has 1 aromatic heterocycles. The molecule has 2 aromatic carbocycles. The molecule has 0 spiro atoms. The van der Waals surface area contributed by atoms with E-state index in [1.54, 1.807) is 0 Å². The van der Waals surface area contributed by atoms with Gasteiger partial charge in [-0.2, -0.15) is 5.10 Å². The molecule has 0 atom stereocenters. The number of nitrogens with zero attached hydrogens (tertiary/aromatic N) is 3. The molecule has 0 radical (unpaired) electrons. The van der Waals surface area contributed by atoms with Gasteiger partial charge in [0.05, 0.1) is 25.0 Å². The van der Waals surface area contributed by atoms with E-state index >= 15 is 0 Å². The summed E-state index contributed by atoms with van der Waals surface area (Å²) in [7, 11) is 0. The lowest BCUT2D eigenvalue weighted by atomic mass is 10.0. The van der Waals surface area contributed by atoms with Crippen molar-refractivity contribution in [3.63, 3.8) is 0 Å². The van der Waals surface area contributed by atoms with Gasteiger partial charge in [0.25, 0.3) is 0 Å². The maximum atomic E-state index is 12.4. The van der Waals surface area contributed by atoms with E-state index in [1.165, 1.54) is 5.57 Å². The SMILES string of the molecule is CCOc1ccc(CNC(=O)CN2CC=C(c3cnn(-c4ccccc4)c3)CC2)cc1. The molecule has 1 aliphatic heterocycles. The molecule has 2 heterocycles. The Labute approximate surface area is 183 Å². The Hall–Kier alpha value is -3.38. The van der Waals surface area contributed by atoms with Crippen LogP contribution in [-0.4, -0.2) is 46.8 Å². The molecule has 0 unspecified atom stereocenters. The zero-order valence-corrected chi connectivity index (χ0v) is 17.8. The lowest BCUT2D eigenvalue weighted by Gasteiger charge is -2.25. The maximum absolute atomic E-state index is 12.4. The molecule has 3 aromatic rings. The topological polar surface area (TPSA) is 59.4 Å². The summed E-state index contributed by atoms with van der Waals surface area (Å²) in [6.07, 6.45) is 7.10. The predicted octanol–water partition coefficient (Wildman–Crippen LogP) is 3.68. The number of benzene rings is 2. The number of nitrogens with one attached hydrogen (secondary N) is 1. The molecule has 0 saturated carbocycles. The number of carbonyl (C=O) groups excluding carboxylic acids is 1. The Morgan fingerprint density at radius 3 is 2.65 bits per heavy atom. The van der Waals surface area contributed by atoms with E-state index in [0.29, 0.717) is 19.7 Å². The second-order valence-electron chi connectivity index (χ2n) is 7.58. The first-order chi connectivity index (χ1) is 15.2. The van der Waals surface area contributed by atoms with Crippen molar-refractivity contribution in [2.24, 2.45) is 0 Å². The zero-order chi connectivity index (χ0) is 21.5. The van der Waals surface area contributed by atoms with Crippen molar-refractivity contribution in [1.82, 2.24) is 20.0 Å². The fraction of sp³-hybridized carbons (Fsp3) is 0.280. The summed E-state index contributed by atoms with van der Waals surface area (Å²) in [5.74, 6) is 0.894. The average molecular weight is 417 g/mol. The molecule has 0 saturated heterocycles. The second-order valence-corrected chi connectivity index (χ2v) is 7.58. The third-order valence-corrected chi connectivity index (χ3v) is 5.36. The fourth-order valence-corrected chi connectivity index (χ4v) is 3.66. The van der Waals surface area contributed by atoms with Gasteiger partial charge in [-0.05, 0) is 48.7 Å². The van der Waals surface area contributed by atoms with Crippen molar-refractivity contribution in [3.8, 4) is 11.4 Å². The van der Waals surface area contributed by atoms with Crippen LogP contribution in [0.4, 0.5) is 0 Å². The van der Waals surface area contributed by atoms with Gasteiger partial charge in [-0.1, -0.05) is 36.4 Å². The highest BCUT2D eigenvalue weighted by Crippen LogP contribution is 2.22. The highest BCUT2D eigenvalue weighted by atomic mass is 16.5. The Balaban J connectivity index is 1.25. The van der Waals surface area contributed by atoms with E-state index in [2.05, 4.69) is 27.6 Å². The van der Waals surface area contributed by atoms with Crippen LogP contribution < -0.4 is 10.1 Å². The highest BCUT2D eigenvalue weighted by molar-refractivity contribution is 5.78. The molecule has 0 aliphatic carbocycles. The van der Waals surface area contributed by atoms with Crippen LogP contribution in [0.25, 0.3) is 11.3 Å². The van der Waals surface area contributed by atoms with Gasteiger partial charge in [0.2, 0.25) is 5.91 Å². The van der Waals surface area contributed by atoms with Crippen LogP contribution in [-0.2, 0) is 11.3 Å². The van der Waals surface area contributed by atoms with Gasteiger partial charge in [0, 0.05) is 31.4 Å². The smallest absolute Gasteiger partial charge is 0.234 e. The van der Waals surface area contributed by atoms with Crippen molar-refractivity contribution in [1.29, 1.82) is 0 Å². The van der Waals surface area contributed by atoms with Crippen LogP contribution in [0.15, 0.2) is 73.1 Å². The number of para-hydroxylation sites is 1. The largest absolute Gasteiger partial charge is 0.494 e. The summed E-state index contributed by atoms with van der Waals surface area (Å²) in [6, 6.07) is 17.9. The molecule has 6 heteroatoms. The van der Waals surface area contributed by atoms with Gasteiger partial charge in [-0.3, -0.25) is 9.69 Å². The Morgan fingerprint density at radius 1 is 1.13 bits per heavy atom. The molecule has 1 amide bonds. The Bertz CT molecular complexity index is 1030. The number of hydrogen-bond acceptors (Lipinski definition) is 4. The van der Waals surface area contributed by atoms with Crippen molar-refractivity contribution >= 4 is 11.5 Å². The van der Waals surface area contributed by atoms with Crippen molar-refractivity contribution < 1.29 is 9.53 Å². The first kappa shape index (κ1) is 20.9. The predicted molar refractivity (Wildman–Crippen MR) is 122 cm³/mol. The summed E-state index contributed by atoms with van der Waals surface area (Å²) in [6.45, 7) is 5.17. The average Bonchev–Trinajstić information content (AvgIpc) is 3.30. The number of aromatic nitrogens is 2. The minimum atomic E-state index is 0.0441. The van der Waals surface area contributed by atoms with Crippen LogP contribution in [0.1, 0.15) is 24.5 Å². The molecule has 1 aliphatic rings. The van der Waals surface area contributed by atoms with Gasteiger partial charge in [-0.25, -0.2) is 4.68 Å². The third kappa shape index (κ3) is 5.61. The lowest BCUT2D eigenvalue weighted by molar-refractivity contribution is -0.122. The van der Waals surface area contributed by atoms with E-state index in [1.807, 2.05) is 72.4 Å². The first-order valence-corrected chi connectivity index (χ1v) is 10.7. The van der Waals surface area contributed by atoms with E-state index < -0.39 is 0 Å². The molecule has 6 nitrogen and oxygen atoms in total. The number of ether oxygens (including phenoxy) is 1. The minimum Gasteiger partial charge on any atom is -0.494 e. The first-order valence-electron chi connectivity index (χ1n) is 10.7. The third-order valence-electron chi connectivity index (χ3n) is 5.36. The van der Waals surface area contributed by atoms with E-state index in [-0.39, 0.29) is 5.91 Å². The molecule has 1 N–H and O–H groups in total. The molecule has 31 heavy (non-hydrogen) atoms. The number of rotatable bonds is 8. The van der Waals surface area contributed by atoms with Crippen LogP contribution in [0.2, 0.25) is 0 Å². The standard InChI is InChI=1S/C25H28N4O2/c1-2-31-24-10-8-20(9-11-24)16-26-25(30)19-28-14-12-21(13-15-28)22-17-27-29(18-22)23-6-4-3-5-7-23/h3-12,17-18H,2,13-16,19H2,1H3,(H,26,30). The van der Waals surface area contributed by atoms with Gasteiger partial charge in [0.1, 0.15) is 5.75 Å². The zero-order valence-electron chi connectivity index (χ0n) is 17.8. The maximum Gasteiger partial charge on any atom is 0.234 e. The lowest BCUT2D eigenvalue weighted by Crippen LogP contribution is -2.39. The molecular formula is C25H28N4O2. The second kappa shape index (κ2) is 10.1. The molecule has 4 rings (SSSR count). The number of amides is 1. The van der Waals surface area contributed by atoms with Gasteiger partial charge < -0.3 is 10.1 Å². The summed E-state index contributed by atoms with van der Waals surface area (Å²) in [4.78, 5) is 14.5. The Morgan fingerprint density at radius 2 is 1.94 bits per heavy atom. The molecular weight excluding hydrogens is 388 g/mol. The molecule has 160 valence electrons.